The second-order valence-electron chi connectivity index (χ2n) is 8.48. The van der Waals surface area contributed by atoms with Crippen molar-refractivity contribution in [1.82, 2.24) is 5.32 Å². The summed E-state index contributed by atoms with van der Waals surface area (Å²) in [5.41, 5.74) is 1.88. The van der Waals surface area contributed by atoms with Crippen LogP contribution in [-0.2, 0) is 35.0 Å². The van der Waals surface area contributed by atoms with Crippen LogP contribution in [0, 0.1) is 5.92 Å². The van der Waals surface area contributed by atoms with Crippen molar-refractivity contribution in [2.45, 2.75) is 76.8 Å². The number of aliphatic imine (C=N–C) groups is 1. The molecule has 2 aliphatic heterocycles. The second kappa shape index (κ2) is 11.7. The molecular formula is C24H32N2O7S. The summed E-state index contributed by atoms with van der Waals surface area (Å²) in [7, 11) is 0. The lowest BCUT2D eigenvalue weighted by atomic mass is 9.88. The van der Waals surface area contributed by atoms with Crippen molar-refractivity contribution in [3.63, 3.8) is 0 Å². The zero-order valence-electron chi connectivity index (χ0n) is 20.2. The van der Waals surface area contributed by atoms with Crippen LogP contribution in [0.5, 0.6) is 0 Å². The highest BCUT2D eigenvalue weighted by molar-refractivity contribution is 7.99. The van der Waals surface area contributed by atoms with Crippen LogP contribution in [0.3, 0.4) is 0 Å². The normalized spacial score (nSPS) is 25.7. The summed E-state index contributed by atoms with van der Waals surface area (Å²) in [5.74, 6) is 0.292. The van der Waals surface area contributed by atoms with Gasteiger partial charge in [-0.25, -0.2) is 9.79 Å². The van der Waals surface area contributed by atoms with Gasteiger partial charge in [-0.15, -0.1) is 11.8 Å². The van der Waals surface area contributed by atoms with Gasteiger partial charge in [-0.2, -0.15) is 0 Å². The number of nitrogens with one attached hydrogen (secondary N) is 1. The number of alkyl carbamates (subject to hydrolysis) is 1. The smallest absolute Gasteiger partial charge is 0.412 e. The Bertz CT molecular complexity index is 951. The first-order valence-electron chi connectivity index (χ1n) is 11.4. The number of thioether (sulfide) groups is 1. The van der Waals surface area contributed by atoms with E-state index in [0.717, 1.165) is 23.4 Å². The maximum Gasteiger partial charge on any atom is 0.412 e. The van der Waals surface area contributed by atoms with Crippen LogP contribution < -0.4 is 5.32 Å². The Morgan fingerprint density at radius 3 is 2.53 bits per heavy atom. The van der Waals surface area contributed by atoms with Gasteiger partial charge in [0.05, 0.1) is 11.8 Å². The quantitative estimate of drug-likeness (QED) is 0.348. The fourth-order valence-electron chi connectivity index (χ4n) is 3.96. The number of carbonyl (C=O) groups excluding carboxylic acids is 3. The van der Waals surface area contributed by atoms with Crippen LogP contribution in [-0.4, -0.2) is 60.6 Å². The lowest BCUT2D eigenvalue weighted by Crippen LogP contribution is -2.57. The summed E-state index contributed by atoms with van der Waals surface area (Å²) in [4.78, 5) is 41.4. The summed E-state index contributed by atoms with van der Waals surface area (Å²) in [6, 6.07) is 6.07. The molecule has 10 heteroatoms. The van der Waals surface area contributed by atoms with Crippen LogP contribution in [0.2, 0.25) is 0 Å². The number of amidine groups is 1. The Labute approximate surface area is 203 Å². The molecule has 3 rings (SSSR count). The van der Waals surface area contributed by atoms with Gasteiger partial charge in [-0.05, 0) is 42.9 Å². The van der Waals surface area contributed by atoms with Gasteiger partial charge in [0, 0.05) is 31.1 Å². The van der Waals surface area contributed by atoms with Crippen LogP contribution in [0.4, 0.5) is 10.5 Å². The topological polar surface area (TPSA) is 113 Å². The molecule has 0 aromatic heterocycles. The number of nitrogens with zero attached hydrogens (tertiary/aromatic N) is 1. The third-order valence-electron chi connectivity index (χ3n) is 5.70. The monoisotopic (exact) mass is 492 g/mol. The summed E-state index contributed by atoms with van der Waals surface area (Å²) in [6.07, 6.45) is -1.79. The molecule has 34 heavy (non-hydrogen) atoms. The SMILES string of the molecule is CCCSc1ccc2c(c1)CC(NC(=O)OCC1OC(C)C(C)C(OC(C)=O)C1OC(C)=O)=N2. The Balaban J connectivity index is 1.59. The van der Waals surface area contributed by atoms with Gasteiger partial charge in [0.1, 0.15) is 24.7 Å². The highest BCUT2D eigenvalue weighted by Crippen LogP contribution is 2.32. The molecule has 0 radical (unpaired) electrons. The number of benzene rings is 1. The molecule has 1 N–H and O–H groups in total. The first-order valence-corrected chi connectivity index (χ1v) is 12.4. The molecule has 186 valence electrons. The third kappa shape index (κ3) is 6.73. The molecule has 2 aliphatic rings. The van der Waals surface area contributed by atoms with E-state index < -0.39 is 36.3 Å². The van der Waals surface area contributed by atoms with E-state index in [4.69, 9.17) is 18.9 Å². The first kappa shape index (κ1) is 26.0. The van der Waals surface area contributed by atoms with Crippen molar-refractivity contribution in [2.75, 3.05) is 12.4 Å². The van der Waals surface area contributed by atoms with Gasteiger partial charge in [0.25, 0.3) is 0 Å². The molecule has 0 bridgehead atoms. The van der Waals surface area contributed by atoms with Gasteiger partial charge < -0.3 is 18.9 Å². The molecule has 5 atom stereocenters. The number of esters is 2. The summed E-state index contributed by atoms with van der Waals surface area (Å²) in [6.45, 7) is 8.19. The molecule has 5 unspecified atom stereocenters. The summed E-state index contributed by atoms with van der Waals surface area (Å²) >= 11 is 1.79. The fraction of sp³-hybridized carbons (Fsp3) is 0.583. The average molecular weight is 493 g/mol. The van der Waals surface area contributed by atoms with Crippen LogP contribution in [0.1, 0.15) is 46.6 Å². The van der Waals surface area contributed by atoms with Crippen LogP contribution in [0.15, 0.2) is 28.1 Å². The molecule has 2 heterocycles. The minimum absolute atomic E-state index is 0.184. The zero-order valence-corrected chi connectivity index (χ0v) is 21.0. The first-order chi connectivity index (χ1) is 16.2. The standard InChI is InChI=1S/C24H32N2O7S/c1-6-9-34-18-7-8-19-17(10-18)11-21(25-19)26-24(29)30-12-20-23(33-16(5)28)22(32-15(4)27)13(2)14(3)31-20/h7-8,10,13-14,20,22-23H,6,9,11-12H2,1-5H3,(H,25,26,29). The van der Waals surface area contributed by atoms with Crippen molar-refractivity contribution in [2.24, 2.45) is 10.9 Å². The van der Waals surface area contributed by atoms with Crippen molar-refractivity contribution in [1.29, 1.82) is 0 Å². The Morgan fingerprint density at radius 2 is 1.85 bits per heavy atom. The van der Waals surface area contributed by atoms with Gasteiger partial charge in [0.2, 0.25) is 0 Å². The largest absolute Gasteiger partial charge is 0.458 e. The van der Waals surface area contributed by atoms with E-state index >= 15 is 0 Å². The van der Waals surface area contributed by atoms with Crippen LogP contribution in [0.25, 0.3) is 0 Å². The van der Waals surface area contributed by atoms with E-state index in [0.29, 0.717) is 12.3 Å². The maximum atomic E-state index is 12.5. The minimum Gasteiger partial charge on any atom is -0.458 e. The van der Waals surface area contributed by atoms with E-state index in [1.165, 1.54) is 18.7 Å². The van der Waals surface area contributed by atoms with E-state index in [2.05, 4.69) is 23.3 Å². The second-order valence-corrected chi connectivity index (χ2v) is 9.65. The Kier molecular flexibility index (Phi) is 8.96. The molecule has 0 saturated carbocycles. The number of rotatable bonds is 7. The molecule has 1 saturated heterocycles. The molecule has 1 amide bonds. The third-order valence-corrected chi connectivity index (χ3v) is 6.90. The predicted octanol–water partition coefficient (Wildman–Crippen LogP) is 3.79. The molecule has 9 nitrogen and oxygen atoms in total. The predicted molar refractivity (Wildman–Crippen MR) is 127 cm³/mol. The van der Waals surface area contributed by atoms with Crippen molar-refractivity contribution in [3.8, 4) is 0 Å². The molecule has 1 fully saturated rings. The minimum atomic E-state index is -0.896. The van der Waals surface area contributed by atoms with Crippen molar-refractivity contribution >= 4 is 41.3 Å². The number of carbonyl (C=O) groups is 3. The van der Waals surface area contributed by atoms with Gasteiger partial charge >= 0.3 is 18.0 Å². The van der Waals surface area contributed by atoms with Crippen molar-refractivity contribution in [3.05, 3.63) is 23.8 Å². The maximum absolute atomic E-state index is 12.5. The molecule has 1 aromatic carbocycles. The highest BCUT2D eigenvalue weighted by atomic mass is 32.2. The van der Waals surface area contributed by atoms with E-state index in [-0.39, 0.29) is 18.6 Å². The van der Waals surface area contributed by atoms with E-state index in [9.17, 15) is 14.4 Å². The summed E-state index contributed by atoms with van der Waals surface area (Å²) in [5, 5.41) is 2.68. The molecular weight excluding hydrogens is 460 g/mol. The van der Waals surface area contributed by atoms with E-state index in [1.807, 2.05) is 26.0 Å². The highest BCUT2D eigenvalue weighted by Gasteiger charge is 2.46. The molecule has 0 spiro atoms. The zero-order chi connectivity index (χ0) is 24.8. The lowest BCUT2D eigenvalue weighted by Gasteiger charge is -2.43. The number of fused-ring (bicyclic) bond motifs is 1. The van der Waals surface area contributed by atoms with Crippen LogP contribution >= 0.6 is 11.8 Å². The molecule has 0 aliphatic carbocycles. The number of hydrogen-bond acceptors (Lipinski definition) is 9. The van der Waals surface area contributed by atoms with Gasteiger partial charge in [0.15, 0.2) is 6.10 Å². The van der Waals surface area contributed by atoms with E-state index in [1.54, 1.807) is 11.8 Å². The fourth-order valence-corrected chi connectivity index (χ4v) is 4.79. The molecule has 1 aromatic rings. The average Bonchev–Trinajstić information content (AvgIpc) is 3.17. The summed E-state index contributed by atoms with van der Waals surface area (Å²) < 4.78 is 22.1. The van der Waals surface area contributed by atoms with Gasteiger partial charge in [-0.1, -0.05) is 13.8 Å². The number of amides is 1. The number of ether oxygens (including phenoxy) is 4. The van der Waals surface area contributed by atoms with Crippen molar-refractivity contribution < 1.29 is 33.3 Å². The van der Waals surface area contributed by atoms with Gasteiger partial charge in [-0.3, -0.25) is 14.9 Å². The lowest BCUT2D eigenvalue weighted by molar-refractivity contribution is -0.225. The Morgan fingerprint density at radius 1 is 1.15 bits per heavy atom. The number of hydrogen-bond donors (Lipinski definition) is 1. The Hall–Kier alpha value is -2.59.